The monoisotopic (exact) mass is 238 g/mol. The first-order chi connectivity index (χ1) is 8.26. The minimum Gasteiger partial charge on any atom is -0.369 e. The van der Waals surface area contributed by atoms with Crippen LogP contribution in [0.1, 0.15) is 19.8 Å². The molecule has 0 atom stereocenters. The zero-order chi connectivity index (χ0) is 12.5. The second kappa shape index (κ2) is 7.39. The van der Waals surface area contributed by atoms with Crippen LogP contribution >= 0.6 is 0 Å². The summed E-state index contributed by atoms with van der Waals surface area (Å²) >= 11 is 0. The first-order valence-corrected chi connectivity index (χ1v) is 5.56. The topological polar surface area (TPSA) is 105 Å². The lowest BCUT2D eigenvalue weighted by molar-refractivity contribution is -0.120. The van der Waals surface area contributed by atoms with Gasteiger partial charge in [-0.05, 0) is 12.5 Å². The van der Waals surface area contributed by atoms with E-state index in [0.29, 0.717) is 31.3 Å². The Morgan fingerprint density at radius 2 is 2.29 bits per heavy atom. The van der Waals surface area contributed by atoms with E-state index in [-0.39, 0.29) is 5.91 Å². The molecule has 0 unspecified atom stereocenters. The van der Waals surface area contributed by atoms with Crippen LogP contribution in [-0.2, 0) is 4.79 Å². The zero-order valence-corrected chi connectivity index (χ0v) is 9.86. The van der Waals surface area contributed by atoms with E-state index in [1.807, 2.05) is 6.92 Å². The largest absolute Gasteiger partial charge is 0.369 e. The molecule has 5 N–H and O–H groups in total. The third-order valence-corrected chi connectivity index (χ3v) is 2.02. The Hall–Kier alpha value is -1.89. The van der Waals surface area contributed by atoms with E-state index in [9.17, 15) is 4.79 Å². The van der Waals surface area contributed by atoms with E-state index in [4.69, 9.17) is 5.84 Å². The standard InChI is InChI=1S/C10H18N6O/c1-2-5-13-9(17)4-7-12-8-3-6-14-10(15-8)16-11/h3,6H,2,4-5,7,11H2,1H3,(H,13,17)(H2,12,14,15,16). The Bertz CT molecular complexity index is 356. The highest BCUT2D eigenvalue weighted by Gasteiger charge is 2.00. The molecular formula is C10H18N6O. The number of nitrogens with zero attached hydrogens (tertiary/aromatic N) is 2. The summed E-state index contributed by atoms with van der Waals surface area (Å²) < 4.78 is 0. The number of aromatic nitrogens is 2. The van der Waals surface area contributed by atoms with Gasteiger partial charge in [0.1, 0.15) is 5.82 Å². The average Bonchev–Trinajstić information content (AvgIpc) is 2.36. The maximum Gasteiger partial charge on any atom is 0.239 e. The predicted octanol–water partition coefficient (Wildman–Crippen LogP) is 0.0904. The van der Waals surface area contributed by atoms with Gasteiger partial charge < -0.3 is 10.6 Å². The quantitative estimate of drug-likeness (QED) is 0.396. The molecule has 0 radical (unpaired) electrons. The Morgan fingerprint density at radius 1 is 1.47 bits per heavy atom. The Balaban J connectivity index is 2.28. The summed E-state index contributed by atoms with van der Waals surface area (Å²) in [5.74, 6) is 6.19. The summed E-state index contributed by atoms with van der Waals surface area (Å²) in [5, 5.41) is 5.82. The van der Waals surface area contributed by atoms with E-state index in [0.717, 1.165) is 6.42 Å². The third-order valence-electron chi connectivity index (χ3n) is 2.02. The highest BCUT2D eigenvalue weighted by atomic mass is 16.1. The smallest absolute Gasteiger partial charge is 0.239 e. The van der Waals surface area contributed by atoms with Gasteiger partial charge in [-0.15, -0.1) is 0 Å². The highest BCUT2D eigenvalue weighted by molar-refractivity contribution is 5.76. The van der Waals surface area contributed by atoms with Crippen LogP contribution in [0.3, 0.4) is 0 Å². The number of carbonyl (C=O) groups excluding carboxylic acids is 1. The molecule has 0 aromatic carbocycles. The molecule has 1 aromatic heterocycles. The lowest BCUT2D eigenvalue weighted by Gasteiger charge is -2.06. The van der Waals surface area contributed by atoms with Crippen molar-refractivity contribution >= 4 is 17.7 Å². The van der Waals surface area contributed by atoms with Crippen molar-refractivity contribution in [3.05, 3.63) is 12.3 Å². The van der Waals surface area contributed by atoms with Crippen LogP contribution in [0.15, 0.2) is 12.3 Å². The van der Waals surface area contributed by atoms with E-state index >= 15 is 0 Å². The van der Waals surface area contributed by atoms with Gasteiger partial charge in [0.15, 0.2) is 0 Å². The van der Waals surface area contributed by atoms with Crippen LogP contribution in [0.5, 0.6) is 0 Å². The van der Waals surface area contributed by atoms with E-state index in [1.54, 1.807) is 12.3 Å². The van der Waals surface area contributed by atoms with Crippen LogP contribution in [0.25, 0.3) is 0 Å². The highest BCUT2D eigenvalue weighted by Crippen LogP contribution is 2.03. The third kappa shape index (κ3) is 5.12. The second-order valence-electron chi connectivity index (χ2n) is 3.44. The molecule has 0 aliphatic rings. The van der Waals surface area contributed by atoms with Crippen molar-refractivity contribution < 1.29 is 4.79 Å². The van der Waals surface area contributed by atoms with Gasteiger partial charge in [0.25, 0.3) is 0 Å². The van der Waals surface area contributed by atoms with Crippen molar-refractivity contribution in [2.45, 2.75) is 19.8 Å². The Kier molecular flexibility index (Phi) is 5.73. The lowest BCUT2D eigenvalue weighted by atomic mass is 10.3. The maximum atomic E-state index is 11.3. The number of hydrogen-bond acceptors (Lipinski definition) is 6. The normalized spacial score (nSPS) is 9.76. The fourth-order valence-corrected chi connectivity index (χ4v) is 1.18. The summed E-state index contributed by atoms with van der Waals surface area (Å²) in [5.41, 5.74) is 2.35. The van der Waals surface area contributed by atoms with Gasteiger partial charge in [-0.25, -0.2) is 10.8 Å². The SMILES string of the molecule is CCCNC(=O)CCNc1ccnc(NN)n1. The second-order valence-corrected chi connectivity index (χ2v) is 3.44. The van der Waals surface area contributed by atoms with Gasteiger partial charge in [-0.3, -0.25) is 10.2 Å². The van der Waals surface area contributed by atoms with Gasteiger partial charge in [0.2, 0.25) is 11.9 Å². The molecule has 1 heterocycles. The Labute approximate surface area is 100 Å². The van der Waals surface area contributed by atoms with E-state index < -0.39 is 0 Å². The maximum absolute atomic E-state index is 11.3. The molecule has 7 heteroatoms. The molecule has 17 heavy (non-hydrogen) atoms. The fraction of sp³-hybridized carbons (Fsp3) is 0.500. The van der Waals surface area contributed by atoms with Crippen molar-refractivity contribution in [2.75, 3.05) is 23.8 Å². The van der Waals surface area contributed by atoms with Crippen molar-refractivity contribution in [1.82, 2.24) is 15.3 Å². The zero-order valence-electron chi connectivity index (χ0n) is 9.86. The van der Waals surface area contributed by atoms with Crippen molar-refractivity contribution in [3.8, 4) is 0 Å². The molecule has 1 rings (SSSR count). The number of anilines is 2. The summed E-state index contributed by atoms with van der Waals surface area (Å²) in [6, 6.07) is 1.71. The van der Waals surface area contributed by atoms with Crippen LogP contribution < -0.4 is 21.9 Å². The first-order valence-electron chi connectivity index (χ1n) is 5.56. The first kappa shape index (κ1) is 13.2. The molecule has 1 aromatic rings. The number of rotatable bonds is 7. The van der Waals surface area contributed by atoms with Gasteiger partial charge >= 0.3 is 0 Å². The molecule has 0 fully saturated rings. The summed E-state index contributed by atoms with van der Waals surface area (Å²) in [6.45, 7) is 3.25. The molecule has 0 saturated heterocycles. The predicted molar refractivity (Wildman–Crippen MR) is 66.2 cm³/mol. The van der Waals surface area contributed by atoms with Crippen LogP contribution in [0.4, 0.5) is 11.8 Å². The van der Waals surface area contributed by atoms with E-state index in [1.165, 1.54) is 0 Å². The van der Waals surface area contributed by atoms with Gasteiger partial charge in [-0.1, -0.05) is 6.92 Å². The number of nitrogens with one attached hydrogen (secondary N) is 3. The number of nitrogen functional groups attached to an aromatic ring is 1. The molecule has 0 saturated carbocycles. The minimum atomic E-state index is 0.0329. The van der Waals surface area contributed by atoms with Crippen molar-refractivity contribution in [2.24, 2.45) is 5.84 Å². The van der Waals surface area contributed by atoms with Crippen molar-refractivity contribution in [3.63, 3.8) is 0 Å². The minimum absolute atomic E-state index is 0.0329. The number of hydrazine groups is 1. The summed E-state index contributed by atoms with van der Waals surface area (Å²) in [7, 11) is 0. The Morgan fingerprint density at radius 3 is 3.00 bits per heavy atom. The molecule has 94 valence electrons. The average molecular weight is 238 g/mol. The summed E-state index contributed by atoms with van der Waals surface area (Å²) in [6.07, 6.45) is 2.94. The molecule has 0 bridgehead atoms. The number of amides is 1. The molecule has 7 nitrogen and oxygen atoms in total. The molecular weight excluding hydrogens is 220 g/mol. The van der Waals surface area contributed by atoms with Crippen LogP contribution in [0, 0.1) is 0 Å². The molecule has 0 aliphatic carbocycles. The van der Waals surface area contributed by atoms with E-state index in [2.05, 4.69) is 26.0 Å². The number of nitrogens with two attached hydrogens (primary N) is 1. The van der Waals surface area contributed by atoms with Gasteiger partial charge in [-0.2, -0.15) is 4.98 Å². The van der Waals surface area contributed by atoms with Crippen LogP contribution in [-0.4, -0.2) is 29.0 Å². The van der Waals surface area contributed by atoms with Gasteiger partial charge in [0.05, 0.1) is 0 Å². The molecule has 1 amide bonds. The number of hydrogen-bond donors (Lipinski definition) is 4. The summed E-state index contributed by atoms with van der Waals surface area (Å²) in [4.78, 5) is 19.2. The van der Waals surface area contributed by atoms with Crippen molar-refractivity contribution in [1.29, 1.82) is 0 Å². The number of carbonyl (C=O) groups is 1. The molecule has 0 spiro atoms. The molecule has 0 aliphatic heterocycles. The fourth-order valence-electron chi connectivity index (χ4n) is 1.18. The van der Waals surface area contributed by atoms with Crippen LogP contribution in [0.2, 0.25) is 0 Å². The lowest BCUT2D eigenvalue weighted by Crippen LogP contribution is -2.26. The van der Waals surface area contributed by atoms with Gasteiger partial charge in [0, 0.05) is 25.7 Å².